The van der Waals surface area contributed by atoms with Gasteiger partial charge in [0.15, 0.2) is 41.0 Å². The fraction of sp³-hybridized carbons (Fsp3) is 0.397. The van der Waals surface area contributed by atoms with Gasteiger partial charge in [-0.2, -0.15) is 9.80 Å². The summed E-state index contributed by atoms with van der Waals surface area (Å²) in [6.45, 7) is 32.5. The van der Waals surface area contributed by atoms with Crippen molar-refractivity contribution in [3.05, 3.63) is 151 Å². The predicted molar refractivity (Wildman–Crippen MR) is 380 cm³/mol. The number of Topliss-reactive ketones (excluding diaryl/α,β-unsaturated/α-hetero) is 3. The normalized spacial score (nSPS) is 11.3. The number of benzene rings is 3. The number of carboxylic acids is 1. The molecule has 4 amide bonds. The Balaban J connectivity index is 0.00000135. The molecule has 7 rings (SSSR count). The van der Waals surface area contributed by atoms with Crippen LogP contribution in [0.2, 0.25) is 0 Å². The van der Waals surface area contributed by atoms with Gasteiger partial charge in [-0.05, 0) is 164 Å². The molecule has 25 nitrogen and oxygen atoms in total. The number of carboxylic acid groups (broad SMARTS) is 1. The number of aromatic nitrogens is 4. The molecule has 3 aromatic carbocycles. The molecule has 6 N–H and O–H groups in total. The molecular formula is C73H99N9O16Zn. The van der Waals surface area contributed by atoms with Crippen molar-refractivity contribution in [2.24, 2.45) is 10.9 Å². The Labute approximate surface area is 594 Å². The first-order valence-electron chi connectivity index (χ1n) is 30.5. The molecule has 0 spiro atoms. The SMILES string of the molecule is C.C.CC(=O)C(=NO)c1ccc(-c2ccccc2)c(N(C(=O)OC(C)(C)C)C(=O)OC(C)(C)C)n1.CC(=O)C(N)c1ccc(-c2ccccc2)c(N(C(=O)OC(C)(C)C)C(=O)OC(C)(C)C)n1.CC(=O)O.CC(=O)c1ncn2c(N)c(-c3ccccc3)ccc12.CCOC(C)OCC.[Zn]. The summed E-state index contributed by atoms with van der Waals surface area (Å²) < 4.78 is 33.7. The smallest absolute Gasteiger partial charge is 0.425 e. The predicted octanol–water partition coefficient (Wildman–Crippen LogP) is 15.8. The van der Waals surface area contributed by atoms with E-state index in [0.717, 1.165) is 41.7 Å². The Morgan fingerprint density at radius 2 is 0.889 bits per heavy atom. The molecule has 1 atom stereocenters. The van der Waals surface area contributed by atoms with Crippen LogP contribution in [-0.4, -0.2) is 125 Å². The molecule has 0 radical (unpaired) electrons. The Bertz CT molecular complexity index is 3750. The van der Waals surface area contributed by atoms with Gasteiger partial charge in [-0.15, -0.1) is 0 Å². The molecule has 0 saturated heterocycles. The van der Waals surface area contributed by atoms with Gasteiger partial charge < -0.3 is 50.2 Å². The van der Waals surface area contributed by atoms with Gasteiger partial charge in [0.05, 0.1) is 16.9 Å². The summed E-state index contributed by atoms with van der Waals surface area (Å²) in [5, 5.41) is 19.8. The van der Waals surface area contributed by atoms with Crippen LogP contribution >= 0.6 is 0 Å². The Kier molecular flexibility index (Phi) is 36.4. The van der Waals surface area contributed by atoms with Gasteiger partial charge in [0.25, 0.3) is 5.97 Å². The number of rotatable bonds is 14. The number of anilines is 3. The second kappa shape index (κ2) is 40.3. The van der Waals surface area contributed by atoms with Gasteiger partial charge in [0.2, 0.25) is 0 Å². The van der Waals surface area contributed by atoms with Crippen molar-refractivity contribution >= 4 is 76.4 Å². The Hall–Kier alpha value is -9.62. The van der Waals surface area contributed by atoms with Crippen molar-refractivity contribution in [1.82, 2.24) is 19.4 Å². The van der Waals surface area contributed by atoms with Crippen LogP contribution in [-0.2, 0) is 62.3 Å². The standard InChI is InChI=1S/C24H29N3O6.C24H31N3O5.C15H13N3O.C6H14O2.C2H4O2.2CH4.Zn/c1-15(28)19(26-31)18-14-13-17(16-11-9-8-10-12-16)20(25-18)27(21(29)32-23(2,3)4)22(30)33-24(5,6)7;1-15(28)19(25)18-14-13-17(16-11-9-8-10-12-16)20(26-18)27(21(29)31-23(2,3)4)22(30)32-24(5,6)7;1-10(19)14-13-8-7-12(11-5-3-2-4-6-11)15(16)18(13)9-17-14;1-4-7-6(3)8-5-2;1-2(3)4;;;/h8-14,31H,1-7H3;8-14,19H,25H2,1-7H3;2-9H,16H2,1H3;6H,4-5H2,1-3H3;1H3,(H,3,4);2*1H4;. The quantitative estimate of drug-likeness (QED) is 0.0149. The number of ketones is 3. The molecule has 7 aromatic rings. The molecule has 0 aliphatic carbocycles. The van der Waals surface area contributed by atoms with Crippen LogP contribution in [0.1, 0.15) is 174 Å². The second-order valence-electron chi connectivity index (χ2n) is 25.0. The first-order chi connectivity index (χ1) is 44.6. The molecule has 534 valence electrons. The Morgan fingerprint density at radius 1 is 0.545 bits per heavy atom. The zero-order chi connectivity index (χ0) is 72.6. The number of hydrogen-bond acceptors (Lipinski definition) is 21. The van der Waals surface area contributed by atoms with E-state index in [9.17, 15) is 38.8 Å². The van der Waals surface area contributed by atoms with E-state index in [0.29, 0.717) is 38.7 Å². The monoisotopic (exact) mass is 1420 g/mol. The third kappa shape index (κ3) is 29.2. The van der Waals surface area contributed by atoms with Crippen molar-refractivity contribution in [2.45, 2.75) is 181 Å². The molecule has 1 unspecified atom stereocenters. The molecule has 4 aromatic heterocycles. The van der Waals surface area contributed by atoms with Crippen molar-refractivity contribution < 1.29 is 96.6 Å². The van der Waals surface area contributed by atoms with Crippen LogP contribution in [0.25, 0.3) is 38.9 Å². The van der Waals surface area contributed by atoms with E-state index < -0.39 is 64.6 Å². The summed E-state index contributed by atoms with van der Waals surface area (Å²) in [7, 11) is 0. The second-order valence-corrected chi connectivity index (χ2v) is 25.0. The summed E-state index contributed by atoms with van der Waals surface area (Å²) in [5.74, 6) is -1.34. The summed E-state index contributed by atoms with van der Waals surface area (Å²) in [5.41, 5.74) is 13.8. The summed E-state index contributed by atoms with van der Waals surface area (Å²) in [6.07, 6.45) is -2.37. The van der Waals surface area contributed by atoms with Gasteiger partial charge in [0.1, 0.15) is 46.3 Å². The number of pyridine rings is 3. The van der Waals surface area contributed by atoms with Crippen LogP contribution in [0.4, 0.5) is 36.6 Å². The first kappa shape index (κ1) is 89.4. The average molecular weight is 1420 g/mol. The number of nitrogens with two attached hydrogens (primary N) is 2. The molecular weight excluding hydrogens is 1320 g/mol. The van der Waals surface area contributed by atoms with Crippen molar-refractivity contribution in [3.8, 4) is 33.4 Å². The van der Waals surface area contributed by atoms with Gasteiger partial charge in [-0.25, -0.2) is 34.1 Å². The number of carbonyl (C=O) groups excluding carboxylic acids is 7. The van der Waals surface area contributed by atoms with E-state index in [1.807, 2.05) is 99.6 Å². The van der Waals surface area contributed by atoms with Crippen LogP contribution in [0, 0.1) is 0 Å². The van der Waals surface area contributed by atoms with Gasteiger partial charge >= 0.3 is 24.4 Å². The topological polar surface area (TPSA) is 346 Å². The van der Waals surface area contributed by atoms with E-state index in [2.05, 4.69) is 20.1 Å². The number of oxime groups is 1. The molecule has 99 heavy (non-hydrogen) atoms. The van der Waals surface area contributed by atoms with Crippen molar-refractivity contribution in [3.63, 3.8) is 0 Å². The number of ether oxygens (including phenoxy) is 6. The minimum Gasteiger partial charge on any atom is -0.481 e. The van der Waals surface area contributed by atoms with Crippen molar-refractivity contribution in [1.29, 1.82) is 0 Å². The van der Waals surface area contributed by atoms with Crippen LogP contribution < -0.4 is 21.3 Å². The number of imidazole rings is 1. The van der Waals surface area contributed by atoms with Gasteiger partial charge in [-0.3, -0.25) is 23.6 Å². The fourth-order valence-corrected chi connectivity index (χ4v) is 8.22. The molecule has 26 heteroatoms. The van der Waals surface area contributed by atoms with Gasteiger partial charge in [0, 0.05) is 70.2 Å². The zero-order valence-electron chi connectivity index (χ0n) is 58.9. The third-order valence-corrected chi connectivity index (χ3v) is 12.1. The van der Waals surface area contributed by atoms with E-state index in [4.69, 9.17) is 49.8 Å². The number of hydrogen-bond donors (Lipinski definition) is 4. The number of carbonyl (C=O) groups is 8. The molecule has 0 bridgehead atoms. The number of nitrogen functional groups attached to an aromatic ring is 1. The van der Waals surface area contributed by atoms with Crippen LogP contribution in [0.15, 0.2) is 139 Å². The average Bonchev–Trinajstić information content (AvgIpc) is 1.74. The van der Waals surface area contributed by atoms with Crippen LogP contribution in [0.5, 0.6) is 0 Å². The number of aliphatic carboxylic acids is 1. The molecule has 0 aliphatic rings. The largest absolute Gasteiger partial charge is 0.481 e. The number of fused-ring (bicyclic) bond motifs is 1. The molecule has 4 heterocycles. The van der Waals surface area contributed by atoms with Crippen LogP contribution in [0.3, 0.4) is 0 Å². The van der Waals surface area contributed by atoms with E-state index in [1.165, 1.54) is 26.8 Å². The van der Waals surface area contributed by atoms with E-state index in [-0.39, 0.29) is 80.9 Å². The maximum absolute atomic E-state index is 13.2. The number of imide groups is 2. The molecule has 0 aliphatic heterocycles. The number of amides is 4. The molecule has 0 saturated carbocycles. The fourth-order valence-electron chi connectivity index (χ4n) is 8.22. The Morgan fingerprint density at radius 3 is 1.21 bits per heavy atom. The minimum atomic E-state index is -1.02. The first-order valence-corrected chi connectivity index (χ1v) is 30.5. The summed E-state index contributed by atoms with van der Waals surface area (Å²) in [6, 6.07) is 37.0. The maximum Gasteiger partial charge on any atom is 0.425 e. The third-order valence-electron chi connectivity index (χ3n) is 12.1. The van der Waals surface area contributed by atoms with Gasteiger partial charge in [-0.1, -0.05) is 111 Å². The summed E-state index contributed by atoms with van der Waals surface area (Å²) in [4.78, 5) is 111. The van der Waals surface area contributed by atoms with Crippen molar-refractivity contribution in [2.75, 3.05) is 28.7 Å². The maximum atomic E-state index is 13.2. The summed E-state index contributed by atoms with van der Waals surface area (Å²) >= 11 is 0. The number of nitrogens with zero attached hydrogens (tertiary/aromatic N) is 7. The van der Waals surface area contributed by atoms with E-state index in [1.54, 1.807) is 136 Å². The minimum absolute atomic E-state index is 0. The molecule has 0 fully saturated rings. The van der Waals surface area contributed by atoms with E-state index >= 15 is 0 Å². The zero-order valence-corrected chi connectivity index (χ0v) is 61.8.